The van der Waals surface area contributed by atoms with E-state index in [9.17, 15) is 0 Å². The summed E-state index contributed by atoms with van der Waals surface area (Å²) in [5.41, 5.74) is 2.43. The number of hydrogen-bond acceptors (Lipinski definition) is 3. The second kappa shape index (κ2) is 6.57. The average molecular weight is 273 g/mol. The van der Waals surface area contributed by atoms with Gasteiger partial charge in [0.05, 0.1) is 6.20 Å². The molecule has 2 rings (SSSR count). The molecule has 2 aromatic rings. The first-order valence-electron chi connectivity index (χ1n) is 6.98. The molecule has 20 heavy (non-hydrogen) atoms. The van der Waals surface area contributed by atoms with Gasteiger partial charge in [-0.2, -0.15) is 5.10 Å². The molecule has 1 N–H and O–H groups in total. The number of aryl methyl sites for hydroxylation is 2. The summed E-state index contributed by atoms with van der Waals surface area (Å²) >= 11 is 0. The number of aromatic nitrogens is 2. The molecule has 0 saturated carbocycles. The number of hydrogen-bond donors (Lipinski definition) is 1. The molecule has 4 heteroatoms. The smallest absolute Gasteiger partial charge is 0.119 e. The minimum atomic E-state index is 0.264. The lowest BCUT2D eigenvalue weighted by Gasteiger charge is -2.19. The van der Waals surface area contributed by atoms with Crippen molar-refractivity contribution in [1.29, 1.82) is 0 Å². The highest BCUT2D eigenvalue weighted by Gasteiger charge is 2.11. The molecule has 1 aromatic heterocycles. The summed E-state index contributed by atoms with van der Waals surface area (Å²) in [6.07, 6.45) is 3.93. The zero-order valence-corrected chi connectivity index (χ0v) is 12.6. The van der Waals surface area contributed by atoms with Crippen molar-refractivity contribution in [2.24, 2.45) is 7.05 Å². The summed E-state index contributed by atoms with van der Waals surface area (Å²) in [7, 11) is 1.93. The first kappa shape index (κ1) is 14.6. The first-order chi connectivity index (χ1) is 9.54. The maximum Gasteiger partial charge on any atom is 0.119 e. The zero-order valence-electron chi connectivity index (χ0n) is 12.6. The molecule has 108 valence electrons. The van der Waals surface area contributed by atoms with Crippen molar-refractivity contribution in [3.8, 4) is 5.75 Å². The van der Waals surface area contributed by atoms with Crippen LogP contribution in [-0.2, 0) is 7.05 Å². The number of benzene rings is 1. The predicted octanol–water partition coefficient (Wildman–Crippen LogP) is 2.85. The molecule has 0 bridgehead atoms. The maximum atomic E-state index is 5.78. The van der Waals surface area contributed by atoms with Crippen LogP contribution in [0.15, 0.2) is 36.7 Å². The fraction of sp³-hybridized carbons (Fsp3) is 0.438. The van der Waals surface area contributed by atoms with Crippen molar-refractivity contribution < 1.29 is 4.74 Å². The normalized spacial score (nSPS) is 14.0. The Morgan fingerprint density at radius 2 is 1.95 bits per heavy atom. The molecule has 0 radical (unpaired) electrons. The molecule has 0 saturated heterocycles. The van der Waals surface area contributed by atoms with Gasteiger partial charge in [-0.15, -0.1) is 0 Å². The third-order valence-electron chi connectivity index (χ3n) is 3.28. The van der Waals surface area contributed by atoms with Crippen LogP contribution in [0, 0.1) is 6.92 Å². The van der Waals surface area contributed by atoms with Crippen molar-refractivity contribution in [1.82, 2.24) is 15.1 Å². The highest BCUT2D eigenvalue weighted by Crippen LogP contribution is 2.13. The van der Waals surface area contributed by atoms with Crippen LogP contribution < -0.4 is 10.1 Å². The van der Waals surface area contributed by atoms with E-state index >= 15 is 0 Å². The van der Waals surface area contributed by atoms with Crippen LogP contribution >= 0.6 is 0 Å². The molecule has 0 aliphatic heterocycles. The fourth-order valence-electron chi connectivity index (χ4n) is 2.09. The minimum Gasteiger partial charge on any atom is -0.492 e. The fourth-order valence-corrected chi connectivity index (χ4v) is 2.09. The first-order valence-corrected chi connectivity index (χ1v) is 6.98. The monoisotopic (exact) mass is 273 g/mol. The Bertz CT molecular complexity index is 533. The minimum absolute atomic E-state index is 0.264. The molecule has 0 spiro atoms. The Labute approximate surface area is 120 Å². The SMILES string of the molecule is Cc1ccc(OCC(C)NC(C)c2cnn(C)c2)cc1. The number of nitrogens with zero attached hydrogens (tertiary/aromatic N) is 2. The van der Waals surface area contributed by atoms with Gasteiger partial charge in [-0.25, -0.2) is 0 Å². The largest absolute Gasteiger partial charge is 0.492 e. The van der Waals surface area contributed by atoms with Gasteiger partial charge in [0.15, 0.2) is 0 Å². The molecule has 0 amide bonds. The maximum absolute atomic E-state index is 5.78. The third-order valence-corrected chi connectivity index (χ3v) is 3.28. The second-order valence-corrected chi connectivity index (χ2v) is 5.36. The Hall–Kier alpha value is -1.81. The van der Waals surface area contributed by atoms with Gasteiger partial charge in [-0.05, 0) is 32.9 Å². The molecule has 1 aromatic carbocycles. The number of rotatable bonds is 6. The standard InChI is InChI=1S/C16H23N3O/c1-12-5-7-16(8-6-12)20-11-13(2)18-14(3)15-9-17-19(4)10-15/h5-10,13-14,18H,11H2,1-4H3. The number of ether oxygens (including phenoxy) is 1. The summed E-state index contributed by atoms with van der Waals surface area (Å²) in [6, 6.07) is 8.67. The highest BCUT2D eigenvalue weighted by atomic mass is 16.5. The highest BCUT2D eigenvalue weighted by molar-refractivity contribution is 5.26. The molecule has 1 heterocycles. The van der Waals surface area contributed by atoms with Crippen molar-refractivity contribution in [2.45, 2.75) is 32.9 Å². The van der Waals surface area contributed by atoms with Gasteiger partial charge in [0.25, 0.3) is 0 Å². The van der Waals surface area contributed by atoms with Crippen LogP contribution in [0.2, 0.25) is 0 Å². The van der Waals surface area contributed by atoms with Crippen LogP contribution in [0.25, 0.3) is 0 Å². The lowest BCUT2D eigenvalue weighted by molar-refractivity contribution is 0.264. The predicted molar refractivity (Wildman–Crippen MR) is 80.9 cm³/mol. The summed E-state index contributed by atoms with van der Waals surface area (Å²) in [5.74, 6) is 0.915. The molecule has 2 unspecified atom stereocenters. The van der Waals surface area contributed by atoms with Gasteiger partial charge < -0.3 is 10.1 Å². The van der Waals surface area contributed by atoms with E-state index < -0.39 is 0 Å². The summed E-state index contributed by atoms with van der Waals surface area (Å²) in [5, 5.41) is 7.70. The van der Waals surface area contributed by atoms with Crippen molar-refractivity contribution in [3.63, 3.8) is 0 Å². The topological polar surface area (TPSA) is 39.1 Å². The molecule has 0 aliphatic rings. The summed E-state index contributed by atoms with van der Waals surface area (Å²) in [4.78, 5) is 0. The van der Waals surface area contributed by atoms with Crippen LogP contribution in [0.4, 0.5) is 0 Å². The van der Waals surface area contributed by atoms with Gasteiger partial charge in [0.2, 0.25) is 0 Å². The van der Waals surface area contributed by atoms with Crippen LogP contribution in [0.1, 0.15) is 31.0 Å². The zero-order chi connectivity index (χ0) is 14.5. The van der Waals surface area contributed by atoms with Crippen molar-refractivity contribution in [2.75, 3.05) is 6.61 Å². The third kappa shape index (κ3) is 4.10. The Morgan fingerprint density at radius 3 is 2.55 bits per heavy atom. The van der Waals surface area contributed by atoms with Gasteiger partial charge in [-0.3, -0.25) is 4.68 Å². The second-order valence-electron chi connectivity index (χ2n) is 5.36. The van der Waals surface area contributed by atoms with E-state index in [1.807, 2.05) is 36.3 Å². The van der Waals surface area contributed by atoms with E-state index in [2.05, 4.69) is 43.3 Å². The molecule has 0 fully saturated rings. The van der Waals surface area contributed by atoms with E-state index in [0.717, 1.165) is 5.75 Å². The Balaban J connectivity index is 1.80. The van der Waals surface area contributed by atoms with Gasteiger partial charge >= 0.3 is 0 Å². The van der Waals surface area contributed by atoms with E-state index in [1.165, 1.54) is 11.1 Å². The van der Waals surface area contributed by atoms with Gasteiger partial charge in [-0.1, -0.05) is 17.7 Å². The van der Waals surface area contributed by atoms with E-state index in [-0.39, 0.29) is 12.1 Å². The van der Waals surface area contributed by atoms with Gasteiger partial charge in [0.1, 0.15) is 12.4 Å². The average Bonchev–Trinajstić information content (AvgIpc) is 2.85. The lowest BCUT2D eigenvalue weighted by atomic mass is 10.1. The molecule has 2 atom stereocenters. The molecule has 0 aliphatic carbocycles. The molecular formula is C16H23N3O. The van der Waals surface area contributed by atoms with E-state index in [4.69, 9.17) is 4.74 Å². The summed E-state index contributed by atoms with van der Waals surface area (Å²) < 4.78 is 7.60. The summed E-state index contributed by atoms with van der Waals surface area (Å²) in [6.45, 7) is 6.98. The van der Waals surface area contributed by atoms with Crippen molar-refractivity contribution in [3.05, 3.63) is 47.8 Å². The Kier molecular flexibility index (Phi) is 4.79. The number of nitrogens with one attached hydrogen (secondary N) is 1. The van der Waals surface area contributed by atoms with E-state index in [1.54, 1.807) is 0 Å². The van der Waals surface area contributed by atoms with Gasteiger partial charge in [0, 0.05) is 30.9 Å². The van der Waals surface area contributed by atoms with E-state index in [0.29, 0.717) is 6.61 Å². The Morgan fingerprint density at radius 1 is 1.25 bits per heavy atom. The molecular weight excluding hydrogens is 250 g/mol. The molecule has 4 nitrogen and oxygen atoms in total. The van der Waals surface area contributed by atoms with Crippen LogP contribution in [0.3, 0.4) is 0 Å². The van der Waals surface area contributed by atoms with Crippen molar-refractivity contribution >= 4 is 0 Å². The van der Waals surface area contributed by atoms with Crippen LogP contribution in [0.5, 0.6) is 5.75 Å². The lowest BCUT2D eigenvalue weighted by Crippen LogP contribution is -2.33. The van der Waals surface area contributed by atoms with Crippen LogP contribution in [-0.4, -0.2) is 22.4 Å². The quantitative estimate of drug-likeness (QED) is 0.879.